The van der Waals surface area contributed by atoms with Crippen LogP contribution < -0.4 is 15.5 Å². The summed E-state index contributed by atoms with van der Waals surface area (Å²) in [5, 5.41) is 5.33. The molecule has 0 saturated carbocycles. The minimum absolute atomic E-state index is 0.0521. The van der Waals surface area contributed by atoms with Crippen LogP contribution in [0.3, 0.4) is 0 Å². The Hall–Kier alpha value is -2.89. The molecule has 0 fully saturated rings. The summed E-state index contributed by atoms with van der Waals surface area (Å²) in [6.07, 6.45) is 0. The van der Waals surface area contributed by atoms with Gasteiger partial charge in [0.05, 0.1) is 12.2 Å². The van der Waals surface area contributed by atoms with Gasteiger partial charge in [-0.1, -0.05) is 18.2 Å². The van der Waals surface area contributed by atoms with E-state index in [1.807, 2.05) is 30.3 Å². The third kappa shape index (κ3) is 4.54. The lowest BCUT2D eigenvalue weighted by molar-refractivity contribution is -0.116. The molecular weight excluding hydrogens is 297 g/mol. The van der Waals surface area contributed by atoms with E-state index >= 15 is 0 Å². The first-order valence-corrected chi connectivity index (χ1v) is 7.10. The van der Waals surface area contributed by atoms with Gasteiger partial charge in [0.25, 0.3) is 0 Å². The molecular formula is C17H18FN3O2. The van der Waals surface area contributed by atoms with Crippen molar-refractivity contribution in [3.63, 3.8) is 0 Å². The Kier molecular flexibility index (Phi) is 5.30. The van der Waals surface area contributed by atoms with Crippen molar-refractivity contribution < 1.29 is 14.0 Å². The number of para-hydroxylation sites is 1. The maximum Gasteiger partial charge on any atom is 0.246 e. The van der Waals surface area contributed by atoms with Crippen LogP contribution >= 0.6 is 0 Å². The summed E-state index contributed by atoms with van der Waals surface area (Å²) < 4.78 is 13.6. The lowest BCUT2D eigenvalue weighted by atomic mass is 10.2. The number of carbonyl (C=O) groups excluding carboxylic acids is 2. The SMILES string of the molecule is CC(=O)Nc1cc(NCC(=O)N(C)c2ccccc2)ccc1F. The van der Waals surface area contributed by atoms with Gasteiger partial charge in [0, 0.05) is 25.3 Å². The highest BCUT2D eigenvalue weighted by Crippen LogP contribution is 2.19. The van der Waals surface area contributed by atoms with Crippen molar-refractivity contribution >= 4 is 28.9 Å². The lowest BCUT2D eigenvalue weighted by Gasteiger charge is -2.18. The number of likely N-dealkylation sites (N-methyl/N-ethyl adjacent to an activating group) is 1. The summed E-state index contributed by atoms with van der Waals surface area (Å²) in [5.41, 5.74) is 1.41. The molecule has 2 rings (SSSR count). The van der Waals surface area contributed by atoms with Crippen molar-refractivity contribution in [2.24, 2.45) is 0 Å². The Morgan fingerprint density at radius 2 is 1.83 bits per heavy atom. The van der Waals surface area contributed by atoms with Crippen molar-refractivity contribution in [1.29, 1.82) is 0 Å². The Bertz CT molecular complexity index is 704. The molecule has 0 bridgehead atoms. The summed E-state index contributed by atoms with van der Waals surface area (Å²) in [6, 6.07) is 13.5. The molecule has 0 spiro atoms. The molecule has 0 atom stereocenters. The largest absolute Gasteiger partial charge is 0.376 e. The molecule has 120 valence electrons. The summed E-state index contributed by atoms with van der Waals surface area (Å²) in [4.78, 5) is 24.7. The third-order valence-corrected chi connectivity index (χ3v) is 3.24. The zero-order valence-corrected chi connectivity index (χ0v) is 13.0. The number of halogens is 1. The van der Waals surface area contributed by atoms with Gasteiger partial charge in [-0.25, -0.2) is 4.39 Å². The molecule has 2 N–H and O–H groups in total. The Morgan fingerprint density at radius 1 is 1.13 bits per heavy atom. The first-order chi connectivity index (χ1) is 11.0. The first kappa shape index (κ1) is 16.5. The van der Waals surface area contributed by atoms with Crippen LogP contribution in [-0.2, 0) is 9.59 Å². The summed E-state index contributed by atoms with van der Waals surface area (Å²) >= 11 is 0. The minimum atomic E-state index is -0.529. The van der Waals surface area contributed by atoms with Gasteiger partial charge in [0.1, 0.15) is 5.82 Å². The van der Waals surface area contributed by atoms with E-state index in [0.717, 1.165) is 5.69 Å². The van der Waals surface area contributed by atoms with Crippen molar-refractivity contribution in [3.05, 3.63) is 54.3 Å². The molecule has 2 aromatic carbocycles. The van der Waals surface area contributed by atoms with E-state index in [4.69, 9.17) is 0 Å². The smallest absolute Gasteiger partial charge is 0.246 e. The van der Waals surface area contributed by atoms with E-state index < -0.39 is 5.82 Å². The molecule has 0 radical (unpaired) electrons. The highest BCUT2D eigenvalue weighted by Gasteiger charge is 2.11. The van der Waals surface area contributed by atoms with Crippen LogP contribution in [0.15, 0.2) is 48.5 Å². The fourth-order valence-corrected chi connectivity index (χ4v) is 2.01. The number of anilines is 3. The molecule has 0 saturated heterocycles. The normalized spacial score (nSPS) is 10.0. The molecule has 5 nitrogen and oxygen atoms in total. The molecule has 0 aliphatic heterocycles. The van der Waals surface area contributed by atoms with Gasteiger partial charge in [-0.15, -0.1) is 0 Å². The third-order valence-electron chi connectivity index (χ3n) is 3.24. The van der Waals surface area contributed by atoms with E-state index in [9.17, 15) is 14.0 Å². The van der Waals surface area contributed by atoms with E-state index in [-0.39, 0.29) is 24.0 Å². The quantitative estimate of drug-likeness (QED) is 0.892. The van der Waals surface area contributed by atoms with Gasteiger partial charge >= 0.3 is 0 Å². The highest BCUT2D eigenvalue weighted by molar-refractivity contribution is 5.95. The van der Waals surface area contributed by atoms with Crippen LogP contribution in [-0.4, -0.2) is 25.4 Å². The maximum absolute atomic E-state index is 13.6. The summed E-state index contributed by atoms with van der Waals surface area (Å²) in [6.45, 7) is 1.36. The van der Waals surface area contributed by atoms with Crippen molar-refractivity contribution in [2.75, 3.05) is 29.1 Å². The van der Waals surface area contributed by atoms with Crippen LogP contribution in [0.4, 0.5) is 21.5 Å². The summed E-state index contributed by atoms with van der Waals surface area (Å²) in [5.74, 6) is -1.03. The molecule has 0 aliphatic rings. The topological polar surface area (TPSA) is 61.4 Å². The minimum Gasteiger partial charge on any atom is -0.376 e. The Morgan fingerprint density at radius 3 is 2.48 bits per heavy atom. The van der Waals surface area contributed by atoms with Crippen molar-refractivity contribution in [1.82, 2.24) is 0 Å². The number of nitrogens with one attached hydrogen (secondary N) is 2. The molecule has 2 aromatic rings. The standard InChI is InChI=1S/C17H18FN3O2/c1-12(22)20-16-10-13(8-9-15(16)18)19-11-17(23)21(2)14-6-4-3-5-7-14/h3-10,19H,11H2,1-2H3,(H,20,22). The van der Waals surface area contributed by atoms with E-state index in [2.05, 4.69) is 10.6 Å². The van der Waals surface area contributed by atoms with Crippen LogP contribution in [0.2, 0.25) is 0 Å². The predicted octanol–water partition coefficient (Wildman–Crippen LogP) is 2.86. The Balaban J connectivity index is 2.00. The number of nitrogens with zero attached hydrogens (tertiary/aromatic N) is 1. The average molecular weight is 315 g/mol. The lowest BCUT2D eigenvalue weighted by Crippen LogP contribution is -2.32. The van der Waals surface area contributed by atoms with Crippen LogP contribution in [0.1, 0.15) is 6.92 Å². The van der Waals surface area contributed by atoms with E-state index in [1.165, 1.54) is 30.0 Å². The van der Waals surface area contributed by atoms with E-state index in [0.29, 0.717) is 5.69 Å². The predicted molar refractivity (Wildman–Crippen MR) is 89.0 cm³/mol. The first-order valence-electron chi connectivity index (χ1n) is 7.10. The maximum atomic E-state index is 13.6. The van der Waals surface area contributed by atoms with Crippen LogP contribution in [0, 0.1) is 5.82 Å². The molecule has 0 aromatic heterocycles. The fourth-order valence-electron chi connectivity index (χ4n) is 2.01. The fraction of sp³-hybridized carbons (Fsp3) is 0.176. The van der Waals surface area contributed by atoms with Gasteiger partial charge in [-0.3, -0.25) is 9.59 Å². The second-order valence-corrected chi connectivity index (χ2v) is 5.02. The number of hydrogen-bond acceptors (Lipinski definition) is 3. The number of benzene rings is 2. The zero-order chi connectivity index (χ0) is 16.8. The summed E-state index contributed by atoms with van der Waals surface area (Å²) in [7, 11) is 1.69. The van der Waals surface area contributed by atoms with Gasteiger partial charge in [0.15, 0.2) is 0 Å². The number of hydrogen-bond donors (Lipinski definition) is 2. The zero-order valence-electron chi connectivity index (χ0n) is 13.0. The number of amides is 2. The van der Waals surface area contributed by atoms with Gasteiger partial charge in [-0.2, -0.15) is 0 Å². The molecule has 6 heteroatoms. The van der Waals surface area contributed by atoms with E-state index in [1.54, 1.807) is 7.05 Å². The monoisotopic (exact) mass is 315 g/mol. The van der Waals surface area contributed by atoms with Crippen molar-refractivity contribution in [2.45, 2.75) is 6.92 Å². The van der Waals surface area contributed by atoms with Crippen LogP contribution in [0.5, 0.6) is 0 Å². The molecule has 23 heavy (non-hydrogen) atoms. The van der Waals surface area contributed by atoms with Gasteiger partial charge < -0.3 is 15.5 Å². The molecule has 2 amide bonds. The number of rotatable bonds is 5. The molecule has 0 heterocycles. The van der Waals surface area contributed by atoms with Crippen molar-refractivity contribution in [3.8, 4) is 0 Å². The number of carbonyl (C=O) groups is 2. The van der Waals surface area contributed by atoms with Crippen LogP contribution in [0.25, 0.3) is 0 Å². The average Bonchev–Trinajstić information content (AvgIpc) is 2.55. The second-order valence-electron chi connectivity index (χ2n) is 5.02. The molecule has 0 aliphatic carbocycles. The van der Waals surface area contributed by atoms with Gasteiger partial charge in [-0.05, 0) is 30.3 Å². The second kappa shape index (κ2) is 7.40. The van der Waals surface area contributed by atoms with Gasteiger partial charge in [0.2, 0.25) is 11.8 Å². The molecule has 0 unspecified atom stereocenters. The highest BCUT2D eigenvalue weighted by atomic mass is 19.1. The Labute approximate surface area is 134 Å².